The smallest absolute Gasteiger partial charge is 0.234 e. The molecule has 0 radical (unpaired) electrons. The molecule has 92 valence electrons. The summed E-state index contributed by atoms with van der Waals surface area (Å²) in [4.78, 5) is 11.1. The van der Waals surface area contributed by atoms with Crippen LogP contribution in [0.5, 0.6) is 11.5 Å². The minimum Gasteiger partial charge on any atom is -0.457 e. The van der Waals surface area contributed by atoms with Gasteiger partial charge in [0.1, 0.15) is 11.5 Å². The second-order valence-corrected chi connectivity index (χ2v) is 3.96. The maximum atomic E-state index is 11.1. The standard InChI is InChI=1S/C14H13NO2S/c16-14(10-18)15-11-6-8-13(9-7-11)17-12-4-2-1-3-5-12/h1-9,18H,10H2,(H,15,16). The fourth-order valence-corrected chi connectivity index (χ4v) is 1.51. The van der Waals surface area contributed by atoms with Crippen molar-refractivity contribution in [2.75, 3.05) is 11.1 Å². The second kappa shape index (κ2) is 6.12. The number of ether oxygens (including phenoxy) is 1. The zero-order chi connectivity index (χ0) is 12.8. The molecule has 0 fully saturated rings. The van der Waals surface area contributed by atoms with Crippen molar-refractivity contribution in [2.45, 2.75) is 0 Å². The highest BCUT2D eigenvalue weighted by Gasteiger charge is 2.00. The molecule has 18 heavy (non-hydrogen) atoms. The first-order chi connectivity index (χ1) is 8.78. The molecule has 0 aromatic heterocycles. The molecule has 0 aliphatic heterocycles. The van der Waals surface area contributed by atoms with E-state index in [-0.39, 0.29) is 11.7 Å². The molecule has 0 aliphatic rings. The normalized spacial score (nSPS) is 9.83. The van der Waals surface area contributed by atoms with E-state index in [1.807, 2.05) is 30.3 Å². The quantitative estimate of drug-likeness (QED) is 0.826. The van der Waals surface area contributed by atoms with Crippen LogP contribution in [0.25, 0.3) is 0 Å². The van der Waals surface area contributed by atoms with Crippen LogP contribution in [0.3, 0.4) is 0 Å². The fraction of sp³-hybridized carbons (Fsp3) is 0.0714. The Morgan fingerprint density at radius 2 is 1.61 bits per heavy atom. The number of hydrogen-bond donors (Lipinski definition) is 2. The van der Waals surface area contributed by atoms with E-state index < -0.39 is 0 Å². The Morgan fingerprint density at radius 1 is 1.00 bits per heavy atom. The molecule has 0 saturated carbocycles. The van der Waals surface area contributed by atoms with Gasteiger partial charge >= 0.3 is 0 Å². The van der Waals surface area contributed by atoms with Crippen LogP contribution >= 0.6 is 12.6 Å². The van der Waals surface area contributed by atoms with E-state index in [1.54, 1.807) is 24.3 Å². The summed E-state index contributed by atoms with van der Waals surface area (Å²) in [6.07, 6.45) is 0. The third kappa shape index (κ3) is 3.53. The summed E-state index contributed by atoms with van der Waals surface area (Å²) < 4.78 is 5.64. The van der Waals surface area contributed by atoms with Gasteiger partial charge in [0.15, 0.2) is 0 Å². The summed E-state index contributed by atoms with van der Waals surface area (Å²) in [6, 6.07) is 16.7. The molecular weight excluding hydrogens is 246 g/mol. The van der Waals surface area contributed by atoms with E-state index in [1.165, 1.54) is 0 Å². The first-order valence-corrected chi connectivity index (χ1v) is 6.15. The number of carbonyl (C=O) groups excluding carboxylic acids is 1. The van der Waals surface area contributed by atoms with Crippen molar-refractivity contribution in [3.05, 3.63) is 54.6 Å². The minimum atomic E-state index is -0.130. The zero-order valence-corrected chi connectivity index (χ0v) is 10.6. The molecule has 0 heterocycles. The lowest BCUT2D eigenvalue weighted by atomic mass is 10.3. The van der Waals surface area contributed by atoms with Gasteiger partial charge in [0, 0.05) is 5.69 Å². The molecule has 0 bridgehead atoms. The van der Waals surface area contributed by atoms with Gasteiger partial charge in [0.05, 0.1) is 5.75 Å². The van der Waals surface area contributed by atoms with Crippen molar-refractivity contribution >= 4 is 24.2 Å². The summed E-state index contributed by atoms with van der Waals surface area (Å²) in [7, 11) is 0. The van der Waals surface area contributed by atoms with Gasteiger partial charge in [-0.1, -0.05) is 18.2 Å². The molecule has 1 N–H and O–H groups in total. The minimum absolute atomic E-state index is 0.130. The first kappa shape index (κ1) is 12.5. The van der Waals surface area contributed by atoms with Crippen LogP contribution in [0.2, 0.25) is 0 Å². The lowest BCUT2D eigenvalue weighted by Gasteiger charge is -2.07. The number of carbonyl (C=O) groups is 1. The highest BCUT2D eigenvalue weighted by Crippen LogP contribution is 2.22. The van der Waals surface area contributed by atoms with E-state index in [9.17, 15) is 4.79 Å². The van der Waals surface area contributed by atoms with Gasteiger partial charge in [0.25, 0.3) is 0 Å². The van der Waals surface area contributed by atoms with Crippen LogP contribution in [0.4, 0.5) is 5.69 Å². The van der Waals surface area contributed by atoms with E-state index in [2.05, 4.69) is 17.9 Å². The molecule has 0 unspecified atom stereocenters. The Morgan fingerprint density at radius 3 is 2.22 bits per heavy atom. The summed E-state index contributed by atoms with van der Waals surface area (Å²) >= 11 is 3.90. The summed E-state index contributed by atoms with van der Waals surface area (Å²) in [6.45, 7) is 0. The van der Waals surface area contributed by atoms with Crippen LogP contribution in [0, 0.1) is 0 Å². The van der Waals surface area contributed by atoms with Gasteiger partial charge in [-0.25, -0.2) is 0 Å². The van der Waals surface area contributed by atoms with Crippen molar-refractivity contribution < 1.29 is 9.53 Å². The molecule has 0 saturated heterocycles. The molecule has 3 nitrogen and oxygen atoms in total. The van der Waals surface area contributed by atoms with E-state index in [0.717, 1.165) is 17.2 Å². The molecule has 0 spiro atoms. The Balaban J connectivity index is 2.02. The fourth-order valence-electron chi connectivity index (χ4n) is 1.43. The predicted molar refractivity (Wildman–Crippen MR) is 75.4 cm³/mol. The lowest BCUT2D eigenvalue weighted by molar-refractivity contribution is -0.113. The van der Waals surface area contributed by atoms with Crippen LogP contribution in [-0.4, -0.2) is 11.7 Å². The third-order valence-electron chi connectivity index (χ3n) is 2.26. The molecule has 2 aromatic rings. The number of anilines is 1. The molecule has 0 aliphatic carbocycles. The molecular formula is C14H13NO2S. The van der Waals surface area contributed by atoms with Crippen LogP contribution in [0.1, 0.15) is 0 Å². The summed E-state index contributed by atoms with van der Waals surface area (Å²) in [5.74, 6) is 1.55. The van der Waals surface area contributed by atoms with Gasteiger partial charge in [-0.05, 0) is 36.4 Å². The van der Waals surface area contributed by atoms with Crippen LogP contribution in [-0.2, 0) is 4.79 Å². The van der Waals surface area contributed by atoms with Gasteiger partial charge in [-0.3, -0.25) is 4.79 Å². The molecule has 2 aromatic carbocycles. The monoisotopic (exact) mass is 259 g/mol. The number of thiol groups is 1. The lowest BCUT2D eigenvalue weighted by Crippen LogP contribution is -2.12. The summed E-state index contributed by atoms with van der Waals surface area (Å²) in [5, 5.41) is 2.71. The zero-order valence-electron chi connectivity index (χ0n) is 9.67. The topological polar surface area (TPSA) is 38.3 Å². The first-order valence-electron chi connectivity index (χ1n) is 5.51. The third-order valence-corrected chi connectivity index (χ3v) is 2.55. The Bertz CT molecular complexity index is 511. The number of benzene rings is 2. The highest BCUT2D eigenvalue weighted by molar-refractivity contribution is 7.81. The largest absolute Gasteiger partial charge is 0.457 e. The maximum absolute atomic E-state index is 11.1. The second-order valence-electron chi connectivity index (χ2n) is 3.65. The molecule has 0 atom stereocenters. The number of rotatable bonds is 4. The van der Waals surface area contributed by atoms with Crippen LogP contribution in [0.15, 0.2) is 54.6 Å². The summed E-state index contributed by atoms with van der Waals surface area (Å²) in [5.41, 5.74) is 0.731. The van der Waals surface area contributed by atoms with Crippen molar-refractivity contribution in [2.24, 2.45) is 0 Å². The van der Waals surface area contributed by atoms with E-state index in [4.69, 9.17) is 4.74 Å². The molecule has 2 rings (SSSR count). The van der Waals surface area contributed by atoms with Crippen molar-refractivity contribution in [3.8, 4) is 11.5 Å². The Labute approximate surface area is 111 Å². The number of amides is 1. The van der Waals surface area contributed by atoms with Gasteiger partial charge < -0.3 is 10.1 Å². The van der Waals surface area contributed by atoms with Crippen molar-refractivity contribution in [3.63, 3.8) is 0 Å². The van der Waals surface area contributed by atoms with Gasteiger partial charge in [-0.15, -0.1) is 0 Å². The average Bonchev–Trinajstić information content (AvgIpc) is 2.42. The average molecular weight is 259 g/mol. The highest BCUT2D eigenvalue weighted by atomic mass is 32.1. The number of nitrogens with one attached hydrogen (secondary N) is 1. The Kier molecular flexibility index (Phi) is 4.25. The molecule has 4 heteroatoms. The Hall–Kier alpha value is -1.94. The van der Waals surface area contributed by atoms with E-state index in [0.29, 0.717) is 0 Å². The van der Waals surface area contributed by atoms with Crippen LogP contribution < -0.4 is 10.1 Å². The molecule has 1 amide bonds. The number of para-hydroxylation sites is 1. The maximum Gasteiger partial charge on any atom is 0.234 e. The van der Waals surface area contributed by atoms with E-state index >= 15 is 0 Å². The van der Waals surface area contributed by atoms with Gasteiger partial charge in [0.2, 0.25) is 5.91 Å². The van der Waals surface area contributed by atoms with Gasteiger partial charge in [-0.2, -0.15) is 12.6 Å². The predicted octanol–water partition coefficient (Wildman–Crippen LogP) is 3.35. The SMILES string of the molecule is O=C(CS)Nc1ccc(Oc2ccccc2)cc1. The van der Waals surface area contributed by atoms with Crippen molar-refractivity contribution in [1.82, 2.24) is 0 Å². The number of hydrogen-bond acceptors (Lipinski definition) is 3. The van der Waals surface area contributed by atoms with Crippen molar-refractivity contribution in [1.29, 1.82) is 0 Å².